The van der Waals surface area contributed by atoms with Crippen LogP contribution in [0.2, 0.25) is 0 Å². The number of likely N-dealkylation sites (tertiary alicyclic amines) is 2. The Hall–Kier alpha value is -1.65. The van der Waals surface area contributed by atoms with E-state index in [1.807, 2.05) is 0 Å². The molecule has 4 rings (SSSR count). The standard InChI is InChI=1S/C22H31N3O/c1-17(26)15-24-11-9-19(10-12-24)25-13-7-18(8-14-25)21-16-23(2)22-6-4-3-5-20(21)22/h3-6,16,18-19H,7-15H2,1-2H3. The highest BCUT2D eigenvalue weighted by Crippen LogP contribution is 2.35. The van der Waals surface area contributed by atoms with E-state index in [2.05, 4.69) is 51.9 Å². The lowest BCUT2D eigenvalue weighted by molar-refractivity contribution is -0.118. The molecule has 0 saturated carbocycles. The Morgan fingerprint density at radius 1 is 1.04 bits per heavy atom. The lowest BCUT2D eigenvalue weighted by Crippen LogP contribution is -2.48. The minimum absolute atomic E-state index is 0.291. The molecule has 1 aromatic heterocycles. The molecule has 0 spiro atoms. The first-order valence-electron chi connectivity index (χ1n) is 10.1. The van der Waals surface area contributed by atoms with Crippen molar-refractivity contribution < 1.29 is 4.79 Å². The molecule has 0 bridgehead atoms. The number of carbonyl (C=O) groups is 1. The summed E-state index contributed by atoms with van der Waals surface area (Å²) in [7, 11) is 2.16. The summed E-state index contributed by atoms with van der Waals surface area (Å²) in [5, 5.41) is 1.44. The molecule has 0 aliphatic carbocycles. The Morgan fingerprint density at radius 3 is 2.42 bits per heavy atom. The maximum atomic E-state index is 11.3. The normalized spacial score (nSPS) is 21.5. The smallest absolute Gasteiger partial charge is 0.143 e. The Kier molecular flexibility index (Phi) is 5.14. The van der Waals surface area contributed by atoms with Gasteiger partial charge in [0.25, 0.3) is 0 Å². The van der Waals surface area contributed by atoms with Crippen molar-refractivity contribution in [1.82, 2.24) is 14.4 Å². The first-order chi connectivity index (χ1) is 12.6. The topological polar surface area (TPSA) is 28.5 Å². The number of hydrogen-bond acceptors (Lipinski definition) is 3. The van der Waals surface area contributed by atoms with Gasteiger partial charge in [-0.2, -0.15) is 0 Å². The molecule has 0 amide bonds. The van der Waals surface area contributed by atoms with Crippen LogP contribution in [0.1, 0.15) is 44.1 Å². The molecule has 26 heavy (non-hydrogen) atoms. The molecule has 0 radical (unpaired) electrons. The summed E-state index contributed by atoms with van der Waals surface area (Å²) in [6.07, 6.45) is 7.31. The highest BCUT2D eigenvalue weighted by atomic mass is 16.1. The molecule has 4 nitrogen and oxygen atoms in total. The fourth-order valence-electron chi connectivity index (χ4n) is 5.03. The molecule has 2 aliphatic rings. The van der Waals surface area contributed by atoms with Crippen LogP contribution in [0.25, 0.3) is 10.9 Å². The van der Waals surface area contributed by atoms with Gasteiger partial charge in [0.2, 0.25) is 0 Å². The molecular weight excluding hydrogens is 322 g/mol. The van der Waals surface area contributed by atoms with Crippen molar-refractivity contribution in [1.29, 1.82) is 0 Å². The molecule has 4 heteroatoms. The van der Waals surface area contributed by atoms with Crippen LogP contribution in [0.15, 0.2) is 30.5 Å². The van der Waals surface area contributed by atoms with Crippen molar-refractivity contribution in [2.24, 2.45) is 7.05 Å². The number of aryl methyl sites for hydroxylation is 1. The number of rotatable bonds is 4. The van der Waals surface area contributed by atoms with Gasteiger partial charge in [0.05, 0.1) is 6.54 Å². The van der Waals surface area contributed by atoms with E-state index >= 15 is 0 Å². The summed E-state index contributed by atoms with van der Waals surface area (Å²) >= 11 is 0. The van der Waals surface area contributed by atoms with Crippen LogP contribution in [0.5, 0.6) is 0 Å². The predicted molar refractivity (Wildman–Crippen MR) is 107 cm³/mol. The van der Waals surface area contributed by atoms with Crippen molar-refractivity contribution in [2.75, 3.05) is 32.7 Å². The fraction of sp³-hybridized carbons (Fsp3) is 0.591. The van der Waals surface area contributed by atoms with Crippen LogP contribution in [0.4, 0.5) is 0 Å². The van der Waals surface area contributed by atoms with Crippen LogP contribution in [0.3, 0.4) is 0 Å². The van der Waals surface area contributed by atoms with Gasteiger partial charge in [-0.25, -0.2) is 0 Å². The van der Waals surface area contributed by atoms with Gasteiger partial charge in [-0.15, -0.1) is 0 Å². The highest BCUT2D eigenvalue weighted by molar-refractivity contribution is 5.84. The first kappa shape index (κ1) is 17.7. The number of hydrogen-bond donors (Lipinski definition) is 0. The zero-order chi connectivity index (χ0) is 18.1. The van der Waals surface area contributed by atoms with Crippen molar-refractivity contribution in [3.63, 3.8) is 0 Å². The summed E-state index contributed by atoms with van der Waals surface area (Å²) in [6, 6.07) is 9.51. The Bertz CT molecular complexity index is 765. The highest BCUT2D eigenvalue weighted by Gasteiger charge is 2.29. The number of para-hydroxylation sites is 1. The molecule has 1 aromatic carbocycles. The van der Waals surface area contributed by atoms with Crippen molar-refractivity contribution >= 4 is 16.7 Å². The monoisotopic (exact) mass is 353 g/mol. The fourth-order valence-corrected chi connectivity index (χ4v) is 5.03. The van der Waals surface area contributed by atoms with Crippen LogP contribution in [0, 0.1) is 0 Å². The number of nitrogens with zero attached hydrogens (tertiary/aromatic N) is 3. The van der Waals surface area contributed by atoms with E-state index in [1.54, 1.807) is 12.5 Å². The molecule has 0 unspecified atom stereocenters. The molecule has 0 atom stereocenters. The van der Waals surface area contributed by atoms with Crippen molar-refractivity contribution in [3.05, 3.63) is 36.0 Å². The molecule has 2 aromatic rings. The molecule has 2 saturated heterocycles. The summed E-state index contributed by atoms with van der Waals surface area (Å²) in [5.74, 6) is 0.981. The first-order valence-corrected chi connectivity index (χ1v) is 10.1. The average molecular weight is 354 g/mol. The van der Waals surface area contributed by atoms with E-state index in [0.29, 0.717) is 24.3 Å². The third kappa shape index (κ3) is 3.58. The van der Waals surface area contributed by atoms with Gasteiger partial charge in [0.1, 0.15) is 5.78 Å². The van der Waals surface area contributed by atoms with Gasteiger partial charge in [0.15, 0.2) is 0 Å². The quantitative estimate of drug-likeness (QED) is 0.843. The zero-order valence-electron chi connectivity index (χ0n) is 16.2. The number of benzene rings is 1. The predicted octanol–water partition coefficient (Wildman–Crippen LogP) is 3.41. The maximum Gasteiger partial charge on any atom is 0.143 e. The minimum atomic E-state index is 0.291. The molecule has 2 fully saturated rings. The largest absolute Gasteiger partial charge is 0.350 e. The third-order valence-corrected chi connectivity index (χ3v) is 6.42. The van der Waals surface area contributed by atoms with Gasteiger partial charge in [-0.05, 0) is 63.2 Å². The van der Waals surface area contributed by atoms with Gasteiger partial charge >= 0.3 is 0 Å². The number of carbonyl (C=O) groups excluding carboxylic acids is 1. The Balaban J connectivity index is 1.35. The van der Waals surface area contributed by atoms with Crippen LogP contribution in [-0.4, -0.2) is 58.9 Å². The van der Waals surface area contributed by atoms with E-state index < -0.39 is 0 Å². The van der Waals surface area contributed by atoms with Crippen LogP contribution >= 0.6 is 0 Å². The lowest BCUT2D eigenvalue weighted by Gasteiger charge is -2.41. The van der Waals surface area contributed by atoms with Crippen molar-refractivity contribution in [3.8, 4) is 0 Å². The molecule has 2 aliphatic heterocycles. The summed E-state index contributed by atoms with van der Waals surface area (Å²) in [6.45, 7) is 6.91. The van der Waals surface area contributed by atoms with E-state index in [4.69, 9.17) is 0 Å². The van der Waals surface area contributed by atoms with Crippen LogP contribution in [-0.2, 0) is 11.8 Å². The van der Waals surface area contributed by atoms with E-state index in [-0.39, 0.29) is 0 Å². The number of Topliss-reactive ketones (excluding diaryl/α,β-unsaturated/α-hetero) is 1. The van der Waals surface area contributed by atoms with Gasteiger partial charge in [-0.3, -0.25) is 9.69 Å². The Morgan fingerprint density at radius 2 is 1.73 bits per heavy atom. The second kappa shape index (κ2) is 7.53. The molecule has 140 valence electrons. The second-order valence-corrected chi connectivity index (χ2v) is 8.23. The van der Waals surface area contributed by atoms with E-state index in [0.717, 1.165) is 13.1 Å². The van der Waals surface area contributed by atoms with E-state index in [9.17, 15) is 4.79 Å². The molecular formula is C22H31N3O. The molecule has 3 heterocycles. The third-order valence-electron chi connectivity index (χ3n) is 6.42. The second-order valence-electron chi connectivity index (χ2n) is 8.23. The minimum Gasteiger partial charge on any atom is -0.350 e. The van der Waals surface area contributed by atoms with Gasteiger partial charge < -0.3 is 9.47 Å². The van der Waals surface area contributed by atoms with Gasteiger partial charge in [-0.1, -0.05) is 18.2 Å². The number of ketones is 1. The zero-order valence-corrected chi connectivity index (χ0v) is 16.2. The lowest BCUT2D eigenvalue weighted by atomic mass is 9.88. The number of piperidine rings is 2. The van der Waals surface area contributed by atoms with Gasteiger partial charge in [0, 0.05) is 43.3 Å². The van der Waals surface area contributed by atoms with E-state index in [1.165, 1.54) is 49.7 Å². The average Bonchev–Trinajstić information content (AvgIpc) is 2.99. The summed E-state index contributed by atoms with van der Waals surface area (Å²) in [5.41, 5.74) is 2.89. The SMILES string of the molecule is CC(=O)CN1CCC(N2CCC(c3cn(C)c4ccccc34)CC2)CC1. The van der Waals surface area contributed by atoms with Crippen molar-refractivity contribution in [2.45, 2.75) is 44.6 Å². The maximum absolute atomic E-state index is 11.3. The Labute approximate surface area is 156 Å². The number of aromatic nitrogens is 1. The van der Waals surface area contributed by atoms with Crippen LogP contribution < -0.4 is 0 Å². The summed E-state index contributed by atoms with van der Waals surface area (Å²) < 4.78 is 2.28. The summed E-state index contributed by atoms with van der Waals surface area (Å²) in [4.78, 5) is 16.3. The molecule has 0 N–H and O–H groups in total. The number of fused-ring (bicyclic) bond motifs is 1.